The van der Waals surface area contributed by atoms with Crippen molar-refractivity contribution < 1.29 is 9.21 Å². The molecular weight excluding hydrogens is 278 g/mol. The molecule has 3 rings (SSSR count). The summed E-state index contributed by atoms with van der Waals surface area (Å²) >= 11 is 0. The molecule has 1 amide bonds. The summed E-state index contributed by atoms with van der Waals surface area (Å²) in [5.41, 5.74) is 3.20. The Hall–Kier alpha value is -2.30. The Morgan fingerprint density at radius 3 is 2.91 bits per heavy atom. The first kappa shape index (κ1) is 14.6. The van der Waals surface area contributed by atoms with E-state index in [4.69, 9.17) is 4.42 Å². The highest BCUT2D eigenvalue weighted by Crippen LogP contribution is 2.34. The molecule has 22 heavy (non-hydrogen) atoms. The average Bonchev–Trinajstić information content (AvgIpc) is 3.08. The fourth-order valence-corrected chi connectivity index (χ4v) is 2.99. The maximum atomic E-state index is 12.2. The van der Waals surface area contributed by atoms with Crippen molar-refractivity contribution in [2.75, 3.05) is 11.9 Å². The van der Waals surface area contributed by atoms with E-state index in [1.54, 1.807) is 7.05 Å². The van der Waals surface area contributed by atoms with Crippen molar-refractivity contribution in [2.45, 2.75) is 39.3 Å². The number of fused-ring (bicyclic) bond motifs is 1. The number of aromatic nitrogens is 1. The van der Waals surface area contributed by atoms with Crippen LogP contribution in [0.25, 0.3) is 0 Å². The smallest absolute Gasteiger partial charge is 0.242 e. The Labute approximate surface area is 130 Å². The highest BCUT2D eigenvalue weighted by Gasteiger charge is 2.34. The third kappa shape index (κ3) is 2.47. The van der Waals surface area contributed by atoms with Gasteiger partial charge in [0.05, 0.1) is 12.2 Å². The van der Waals surface area contributed by atoms with Crippen molar-refractivity contribution in [3.63, 3.8) is 0 Å². The lowest BCUT2D eigenvalue weighted by Gasteiger charge is -2.25. The number of hydrogen-bond donors (Lipinski definition) is 1. The van der Waals surface area contributed by atoms with E-state index in [9.17, 15) is 4.79 Å². The predicted octanol–water partition coefficient (Wildman–Crippen LogP) is 2.22. The Bertz CT molecular complexity index is 693. The number of hydrogen-bond acceptors (Lipinski definition) is 4. The van der Waals surface area contributed by atoms with Gasteiger partial charge in [0.25, 0.3) is 0 Å². The van der Waals surface area contributed by atoms with Crippen LogP contribution in [0.2, 0.25) is 0 Å². The van der Waals surface area contributed by atoms with Gasteiger partial charge in [-0.2, -0.15) is 0 Å². The molecular formula is C17H21N3O2. The molecule has 0 fully saturated rings. The number of likely N-dealkylation sites (N-methyl/N-ethyl adjacent to an activating group) is 1. The number of amides is 1. The lowest BCUT2D eigenvalue weighted by molar-refractivity contribution is -0.121. The number of carbonyl (C=O) groups excluding carboxylic acids is 1. The predicted molar refractivity (Wildman–Crippen MR) is 84.8 cm³/mol. The first-order valence-corrected chi connectivity index (χ1v) is 7.65. The van der Waals surface area contributed by atoms with Gasteiger partial charge >= 0.3 is 0 Å². The molecule has 0 saturated heterocycles. The van der Waals surface area contributed by atoms with Crippen LogP contribution in [0.3, 0.4) is 0 Å². The molecule has 0 saturated carbocycles. The number of nitrogens with one attached hydrogen (secondary N) is 1. The van der Waals surface area contributed by atoms with Gasteiger partial charge in [0.15, 0.2) is 5.89 Å². The number of benzene rings is 1. The zero-order valence-corrected chi connectivity index (χ0v) is 13.2. The number of aryl methyl sites for hydroxylation is 2. The topological polar surface area (TPSA) is 58.4 Å². The van der Waals surface area contributed by atoms with Crippen molar-refractivity contribution in [3.8, 4) is 0 Å². The Morgan fingerprint density at radius 2 is 2.23 bits per heavy atom. The molecule has 1 aliphatic heterocycles. The van der Waals surface area contributed by atoms with Crippen LogP contribution in [0, 0.1) is 6.92 Å². The lowest BCUT2D eigenvalue weighted by atomic mass is 10.1. The van der Waals surface area contributed by atoms with Crippen LogP contribution >= 0.6 is 0 Å². The van der Waals surface area contributed by atoms with Crippen LogP contribution in [-0.4, -0.2) is 24.0 Å². The zero-order valence-electron chi connectivity index (χ0n) is 13.2. The van der Waals surface area contributed by atoms with Crippen LogP contribution in [0.1, 0.15) is 29.8 Å². The molecule has 1 aromatic carbocycles. The number of para-hydroxylation sites is 1. The molecule has 2 heterocycles. The number of carbonyl (C=O) groups is 1. The van der Waals surface area contributed by atoms with E-state index in [0.717, 1.165) is 35.9 Å². The largest absolute Gasteiger partial charge is 0.444 e. The van der Waals surface area contributed by atoms with Gasteiger partial charge < -0.3 is 14.6 Å². The quantitative estimate of drug-likeness (QED) is 0.940. The summed E-state index contributed by atoms with van der Waals surface area (Å²) < 4.78 is 5.82. The summed E-state index contributed by atoms with van der Waals surface area (Å²) in [4.78, 5) is 18.8. The highest BCUT2D eigenvalue weighted by molar-refractivity contribution is 5.88. The molecule has 1 unspecified atom stereocenters. The van der Waals surface area contributed by atoms with Gasteiger partial charge in [-0.15, -0.1) is 0 Å². The minimum absolute atomic E-state index is 0.0316. The summed E-state index contributed by atoms with van der Waals surface area (Å²) in [6.07, 6.45) is 1.50. The van der Waals surface area contributed by atoms with Gasteiger partial charge in [0, 0.05) is 25.6 Å². The van der Waals surface area contributed by atoms with Crippen LogP contribution in [0.4, 0.5) is 5.69 Å². The fraction of sp³-hybridized carbons (Fsp3) is 0.412. The minimum atomic E-state index is -0.197. The van der Waals surface area contributed by atoms with E-state index in [2.05, 4.69) is 27.3 Å². The van der Waals surface area contributed by atoms with Crippen LogP contribution < -0.4 is 10.2 Å². The molecule has 1 atom stereocenters. The van der Waals surface area contributed by atoms with Gasteiger partial charge in [-0.05, 0) is 18.6 Å². The summed E-state index contributed by atoms with van der Waals surface area (Å²) in [5.74, 6) is 1.61. The number of oxazole rings is 1. The van der Waals surface area contributed by atoms with Crippen molar-refractivity contribution in [2.24, 2.45) is 0 Å². The van der Waals surface area contributed by atoms with Crippen LogP contribution in [-0.2, 0) is 24.2 Å². The second-order valence-electron chi connectivity index (χ2n) is 5.56. The average molecular weight is 299 g/mol. The summed E-state index contributed by atoms with van der Waals surface area (Å²) in [7, 11) is 1.68. The van der Waals surface area contributed by atoms with Crippen LogP contribution in [0.5, 0.6) is 0 Å². The molecule has 1 aromatic heterocycles. The van der Waals surface area contributed by atoms with E-state index in [0.29, 0.717) is 6.54 Å². The Balaban J connectivity index is 1.94. The maximum absolute atomic E-state index is 12.2. The van der Waals surface area contributed by atoms with Crippen molar-refractivity contribution in [1.29, 1.82) is 0 Å². The Kier molecular flexibility index (Phi) is 3.88. The third-order valence-electron chi connectivity index (χ3n) is 4.19. The van der Waals surface area contributed by atoms with E-state index < -0.39 is 0 Å². The van der Waals surface area contributed by atoms with Crippen molar-refractivity contribution in [1.82, 2.24) is 10.3 Å². The molecule has 0 aliphatic carbocycles. The summed E-state index contributed by atoms with van der Waals surface area (Å²) in [6.45, 7) is 4.54. The second-order valence-corrected chi connectivity index (χ2v) is 5.56. The van der Waals surface area contributed by atoms with Gasteiger partial charge in [0.1, 0.15) is 11.8 Å². The fourth-order valence-electron chi connectivity index (χ4n) is 2.99. The molecule has 0 radical (unpaired) electrons. The molecule has 2 aromatic rings. The van der Waals surface area contributed by atoms with Crippen LogP contribution in [0.15, 0.2) is 28.7 Å². The molecule has 0 bridgehead atoms. The summed E-state index contributed by atoms with van der Waals surface area (Å²) in [5, 5.41) is 2.76. The number of rotatable bonds is 4. The monoisotopic (exact) mass is 299 g/mol. The molecule has 5 nitrogen and oxygen atoms in total. The summed E-state index contributed by atoms with van der Waals surface area (Å²) in [6, 6.07) is 7.96. The standard InChI is InChI=1S/C17H21N3O2/c1-4-16-19-11(2)15(22-16)10-20-13-8-6-5-7-12(13)9-14(20)17(21)18-3/h5-8,14H,4,9-10H2,1-3H3,(H,18,21). The molecule has 116 valence electrons. The second kappa shape index (κ2) is 5.83. The van der Waals surface area contributed by atoms with Gasteiger partial charge in [-0.3, -0.25) is 4.79 Å². The SMILES string of the molecule is CCc1nc(C)c(CN2c3ccccc3CC2C(=O)NC)o1. The van der Waals surface area contributed by atoms with Crippen molar-refractivity contribution >= 4 is 11.6 Å². The zero-order chi connectivity index (χ0) is 15.7. The molecule has 1 aliphatic rings. The van der Waals surface area contributed by atoms with Gasteiger partial charge in [-0.1, -0.05) is 25.1 Å². The maximum Gasteiger partial charge on any atom is 0.242 e. The first-order chi connectivity index (χ1) is 10.6. The van der Waals surface area contributed by atoms with E-state index in [1.807, 2.05) is 26.0 Å². The molecule has 0 spiro atoms. The van der Waals surface area contributed by atoms with E-state index in [-0.39, 0.29) is 11.9 Å². The van der Waals surface area contributed by atoms with E-state index in [1.165, 1.54) is 5.56 Å². The first-order valence-electron chi connectivity index (χ1n) is 7.65. The van der Waals surface area contributed by atoms with Gasteiger partial charge in [0.2, 0.25) is 5.91 Å². The number of anilines is 1. The minimum Gasteiger partial charge on any atom is -0.444 e. The number of nitrogens with zero attached hydrogens (tertiary/aromatic N) is 2. The normalized spacial score (nSPS) is 16.7. The highest BCUT2D eigenvalue weighted by atomic mass is 16.4. The lowest BCUT2D eigenvalue weighted by Crippen LogP contribution is -2.43. The van der Waals surface area contributed by atoms with E-state index >= 15 is 0 Å². The van der Waals surface area contributed by atoms with Gasteiger partial charge in [-0.25, -0.2) is 4.98 Å². The van der Waals surface area contributed by atoms with Crippen molar-refractivity contribution in [3.05, 3.63) is 47.2 Å². The molecule has 5 heteroatoms. The third-order valence-corrected chi connectivity index (χ3v) is 4.19. The molecule has 1 N–H and O–H groups in total. The Morgan fingerprint density at radius 1 is 1.45 bits per heavy atom.